The van der Waals surface area contributed by atoms with Gasteiger partial charge in [-0.05, 0) is 24.0 Å². The number of amidine groups is 1. The molecule has 0 atom stereocenters. The number of halogens is 1. The van der Waals surface area contributed by atoms with Gasteiger partial charge in [0.2, 0.25) is 5.12 Å². The van der Waals surface area contributed by atoms with Crippen molar-refractivity contribution in [3.05, 3.63) is 82.2 Å². The smallest absolute Gasteiger partial charge is 0.385 e. The van der Waals surface area contributed by atoms with Gasteiger partial charge in [-0.3, -0.25) is 19.8 Å². The van der Waals surface area contributed by atoms with Crippen molar-refractivity contribution >= 4 is 49.9 Å². The van der Waals surface area contributed by atoms with Crippen LogP contribution >= 0.6 is 23.1 Å². The third kappa shape index (κ3) is 4.98. The summed E-state index contributed by atoms with van der Waals surface area (Å²) >= 11 is 2.54. The van der Waals surface area contributed by atoms with Crippen LogP contribution in [0, 0.1) is 17.0 Å². The van der Waals surface area contributed by atoms with E-state index in [0.717, 1.165) is 34.3 Å². The Morgan fingerprint density at radius 2 is 2.03 bits per heavy atom. The van der Waals surface area contributed by atoms with Crippen molar-refractivity contribution in [1.29, 1.82) is 0 Å². The van der Waals surface area contributed by atoms with Crippen molar-refractivity contribution < 1.29 is 31.3 Å². The molecule has 0 amide bonds. The number of non-ortho nitro benzene ring substituents is 1. The highest BCUT2D eigenvalue weighted by Crippen LogP contribution is 2.32. The fraction of sp³-hybridized carbons (Fsp3) is 0.136. The summed E-state index contributed by atoms with van der Waals surface area (Å²) in [5.41, 5.74) is 3.62. The Balaban J connectivity index is 0.00000289. The Kier molecular flexibility index (Phi) is 7.60. The number of carbonyl (C=O) groups excluding carboxylic acids is 1. The molecule has 0 bridgehead atoms. The molecule has 2 aromatic carbocycles. The summed E-state index contributed by atoms with van der Waals surface area (Å²) in [5, 5.41) is 14.4. The minimum Gasteiger partial charge on any atom is -1.00 e. The van der Waals surface area contributed by atoms with Crippen LogP contribution in [-0.2, 0) is 11.3 Å². The number of carbonyl (C=O) groups is 1. The first kappa shape index (κ1) is 23.8. The van der Waals surface area contributed by atoms with Crippen molar-refractivity contribution in [2.24, 2.45) is 4.99 Å². The summed E-state index contributed by atoms with van der Waals surface area (Å²) in [4.78, 5) is 29.7. The van der Waals surface area contributed by atoms with Crippen LogP contribution in [0.1, 0.15) is 5.56 Å². The molecule has 10 heteroatoms. The first-order chi connectivity index (χ1) is 15.0. The van der Waals surface area contributed by atoms with Gasteiger partial charge in [-0.25, -0.2) is 4.57 Å². The van der Waals surface area contributed by atoms with Gasteiger partial charge in [0.1, 0.15) is 12.2 Å². The number of nitro benzene ring substituents is 1. The molecule has 0 unspecified atom stereocenters. The molecule has 0 saturated carbocycles. The second-order valence-corrected chi connectivity index (χ2v) is 8.76. The first-order valence-electron chi connectivity index (χ1n) is 9.47. The molecule has 3 aromatic rings. The Bertz CT molecular complexity index is 1210. The monoisotopic (exact) mass is 530 g/mol. The molecule has 4 rings (SSSR count). The van der Waals surface area contributed by atoms with E-state index in [2.05, 4.69) is 6.58 Å². The van der Waals surface area contributed by atoms with E-state index in [9.17, 15) is 14.9 Å². The maximum atomic E-state index is 12.2. The Hall–Kier alpha value is -2.82. The normalized spacial score (nSPS) is 14.5. The van der Waals surface area contributed by atoms with E-state index in [0.29, 0.717) is 16.8 Å². The van der Waals surface area contributed by atoms with E-state index in [1.165, 1.54) is 17.4 Å². The number of anilines is 1. The van der Waals surface area contributed by atoms with E-state index < -0.39 is 4.92 Å². The second kappa shape index (κ2) is 10.2. The highest BCUT2D eigenvalue weighted by atomic mass is 79.9. The van der Waals surface area contributed by atoms with E-state index >= 15 is 0 Å². The fourth-order valence-corrected chi connectivity index (χ4v) is 5.00. The van der Waals surface area contributed by atoms with Crippen LogP contribution in [0.15, 0.2) is 71.6 Å². The molecule has 164 valence electrons. The third-order valence-corrected chi connectivity index (χ3v) is 6.44. The maximum absolute atomic E-state index is 12.2. The zero-order valence-electron chi connectivity index (χ0n) is 17.1. The Morgan fingerprint density at radius 1 is 1.28 bits per heavy atom. The lowest BCUT2D eigenvalue weighted by Crippen LogP contribution is -3.00. The van der Waals surface area contributed by atoms with Crippen LogP contribution in [0.3, 0.4) is 0 Å². The average Bonchev–Trinajstić information content (AvgIpc) is 3.32. The van der Waals surface area contributed by atoms with Crippen molar-refractivity contribution in [2.75, 3.05) is 11.4 Å². The van der Waals surface area contributed by atoms with Gasteiger partial charge in [0, 0.05) is 40.5 Å². The van der Waals surface area contributed by atoms with Crippen LogP contribution in [-0.4, -0.2) is 21.8 Å². The van der Waals surface area contributed by atoms with Gasteiger partial charge in [0.15, 0.2) is 0 Å². The molecule has 0 aliphatic carbocycles. The molecule has 0 N–H and O–H groups in total. The molecule has 7 nitrogen and oxygen atoms in total. The number of rotatable bonds is 6. The van der Waals surface area contributed by atoms with Gasteiger partial charge in [0.25, 0.3) is 10.9 Å². The molecule has 0 radical (unpaired) electrons. The van der Waals surface area contributed by atoms with Gasteiger partial charge >= 0.3 is 5.13 Å². The molecule has 2 heterocycles. The van der Waals surface area contributed by atoms with Crippen LogP contribution in [0.2, 0.25) is 0 Å². The van der Waals surface area contributed by atoms with Crippen molar-refractivity contribution in [2.45, 2.75) is 13.5 Å². The molecule has 1 aromatic heterocycles. The number of benzene rings is 2. The van der Waals surface area contributed by atoms with Gasteiger partial charge in [-0.1, -0.05) is 53.8 Å². The number of hydrogen-bond acceptors (Lipinski definition) is 6. The number of allylic oxidation sites excluding steroid dienone is 1. The predicted octanol–water partition coefficient (Wildman–Crippen LogP) is 1.88. The van der Waals surface area contributed by atoms with E-state index in [4.69, 9.17) is 4.99 Å². The zero-order chi connectivity index (χ0) is 22.0. The minimum absolute atomic E-state index is 0. The highest BCUT2D eigenvalue weighted by Gasteiger charge is 2.34. The number of thioether (sulfide) groups is 1. The minimum atomic E-state index is -0.408. The summed E-state index contributed by atoms with van der Waals surface area (Å²) in [6, 6.07) is 14.5. The lowest BCUT2D eigenvalue weighted by molar-refractivity contribution is -0.658. The van der Waals surface area contributed by atoms with Crippen molar-refractivity contribution in [3.8, 4) is 11.3 Å². The summed E-state index contributed by atoms with van der Waals surface area (Å²) in [5.74, 6) is 0. The topological polar surface area (TPSA) is 79.7 Å². The largest absolute Gasteiger partial charge is 1.00 e. The lowest BCUT2D eigenvalue weighted by Gasteiger charge is -2.13. The van der Waals surface area contributed by atoms with Gasteiger partial charge in [-0.15, -0.1) is 0 Å². The van der Waals surface area contributed by atoms with Crippen LogP contribution < -0.4 is 26.4 Å². The van der Waals surface area contributed by atoms with Crippen LogP contribution in [0.5, 0.6) is 0 Å². The molecule has 1 aliphatic rings. The first-order valence-corrected chi connectivity index (χ1v) is 11.2. The Morgan fingerprint density at radius 3 is 2.72 bits per heavy atom. The van der Waals surface area contributed by atoms with E-state index in [1.807, 2.05) is 52.1 Å². The molecule has 1 aliphatic heterocycles. The molecule has 0 spiro atoms. The van der Waals surface area contributed by atoms with Crippen LogP contribution in [0.25, 0.3) is 11.3 Å². The standard InChI is InChI=1S/C22H19N4O3S2.BrH/c1-3-11-24-19(16-5-4-6-18(12-16)26(28)29)14-30-21(24)23-22-25(13-20(27)31-22)17-9-7-15(2)8-10-17;/h3-10,12,14H,1,11,13H2,2H3;1H/q+1;/p-1. The molecule has 1 saturated heterocycles. The highest BCUT2D eigenvalue weighted by molar-refractivity contribution is 8.27. The number of aliphatic imine (C=N–C) groups is 1. The van der Waals surface area contributed by atoms with Crippen LogP contribution in [0.4, 0.5) is 16.5 Å². The molecule has 32 heavy (non-hydrogen) atoms. The number of nitro groups is 1. The number of hydrogen-bond donors (Lipinski definition) is 0. The predicted molar refractivity (Wildman–Crippen MR) is 125 cm³/mol. The summed E-state index contributed by atoms with van der Waals surface area (Å²) < 4.78 is 1.94. The molecular formula is C22H19BrN4O3S2. The maximum Gasteiger partial charge on any atom is 0.385 e. The van der Waals surface area contributed by atoms with Gasteiger partial charge in [0.05, 0.1) is 11.5 Å². The van der Waals surface area contributed by atoms with Gasteiger partial charge < -0.3 is 17.0 Å². The number of aromatic nitrogens is 1. The quantitative estimate of drug-likeness (QED) is 0.210. The molecule has 1 fully saturated rings. The van der Waals surface area contributed by atoms with E-state index in [-0.39, 0.29) is 34.3 Å². The summed E-state index contributed by atoms with van der Waals surface area (Å²) in [7, 11) is 0. The average molecular weight is 531 g/mol. The molecular weight excluding hydrogens is 512 g/mol. The summed E-state index contributed by atoms with van der Waals surface area (Å²) in [6.45, 7) is 6.59. The third-order valence-electron chi connectivity index (χ3n) is 4.72. The number of aryl methyl sites for hydroxylation is 1. The SMILES string of the molecule is C=CC[n+]1c(-c2cccc([N+](=O)[O-])c2)csc1N=C1SC(=O)CN1c1ccc(C)cc1.[Br-]. The number of thiazole rings is 1. The van der Waals surface area contributed by atoms with Crippen molar-refractivity contribution in [3.63, 3.8) is 0 Å². The summed E-state index contributed by atoms with van der Waals surface area (Å²) in [6.07, 6.45) is 1.75. The van der Waals surface area contributed by atoms with E-state index in [1.54, 1.807) is 18.2 Å². The number of nitrogens with zero attached hydrogens (tertiary/aromatic N) is 4. The fourth-order valence-electron chi connectivity index (χ4n) is 3.21. The lowest BCUT2D eigenvalue weighted by atomic mass is 10.1. The van der Waals surface area contributed by atoms with Crippen molar-refractivity contribution in [1.82, 2.24) is 0 Å². The Labute approximate surface area is 204 Å². The zero-order valence-corrected chi connectivity index (χ0v) is 20.3. The van der Waals surface area contributed by atoms with Gasteiger partial charge in [-0.2, -0.15) is 0 Å². The second-order valence-electron chi connectivity index (χ2n) is 6.90.